The van der Waals surface area contributed by atoms with Crippen LogP contribution in [-0.4, -0.2) is 29.5 Å². The molecule has 2 aromatic carbocycles. The van der Waals surface area contributed by atoms with Crippen molar-refractivity contribution < 1.29 is 18.4 Å². The number of para-hydroxylation sites is 1. The first-order chi connectivity index (χ1) is 13.0. The first-order valence-corrected chi connectivity index (χ1v) is 8.58. The highest BCUT2D eigenvalue weighted by Crippen LogP contribution is 2.15. The molecule has 2 N–H and O–H groups in total. The highest BCUT2D eigenvalue weighted by Gasteiger charge is 2.10. The maximum atomic E-state index is 13.1. The number of carbonyl (C=O) groups is 2. The first-order valence-electron chi connectivity index (χ1n) is 8.58. The molecule has 0 aliphatic carbocycles. The molecule has 2 amide bonds. The van der Waals surface area contributed by atoms with E-state index < -0.39 is 17.5 Å². The fourth-order valence-electron chi connectivity index (χ4n) is 2.82. The molecule has 0 radical (unpaired) electrons. The smallest absolute Gasteiger partial charge is 0.251 e. The summed E-state index contributed by atoms with van der Waals surface area (Å²) in [6.07, 6.45) is 2.73. The Morgan fingerprint density at radius 3 is 2.48 bits per heavy atom. The Morgan fingerprint density at radius 2 is 1.70 bits per heavy atom. The van der Waals surface area contributed by atoms with E-state index in [2.05, 4.69) is 15.2 Å². The van der Waals surface area contributed by atoms with Crippen molar-refractivity contribution in [3.8, 4) is 0 Å². The Bertz CT molecular complexity index is 949. The van der Waals surface area contributed by atoms with Gasteiger partial charge in [0, 0.05) is 36.4 Å². The van der Waals surface area contributed by atoms with Gasteiger partial charge in [0.25, 0.3) is 5.91 Å². The predicted octanol–water partition coefficient (Wildman–Crippen LogP) is 2.86. The number of amides is 2. The van der Waals surface area contributed by atoms with Crippen LogP contribution in [0.1, 0.15) is 16.8 Å². The highest BCUT2D eigenvalue weighted by molar-refractivity contribution is 5.96. The summed E-state index contributed by atoms with van der Waals surface area (Å²) in [5, 5.41) is 6.21. The van der Waals surface area contributed by atoms with Crippen LogP contribution in [0, 0.1) is 11.6 Å². The maximum Gasteiger partial charge on any atom is 0.251 e. The number of aromatic nitrogens is 1. The standard InChI is InChI=1S/C20H19F2N3O2/c21-16-10-15(11-17(22)12-16)20(27)24-13-19(26)23-7-3-8-25-9-6-14-4-1-2-5-18(14)25/h1-2,4-6,9-12H,3,7-8,13H2,(H,23,26)(H,24,27). The van der Waals surface area contributed by atoms with E-state index in [1.165, 1.54) is 0 Å². The van der Waals surface area contributed by atoms with Crippen molar-refractivity contribution in [2.75, 3.05) is 13.1 Å². The monoisotopic (exact) mass is 371 g/mol. The van der Waals surface area contributed by atoms with Crippen LogP contribution in [0.4, 0.5) is 8.78 Å². The van der Waals surface area contributed by atoms with Gasteiger partial charge in [0.2, 0.25) is 5.91 Å². The van der Waals surface area contributed by atoms with E-state index in [1.807, 2.05) is 36.5 Å². The van der Waals surface area contributed by atoms with Crippen molar-refractivity contribution in [3.63, 3.8) is 0 Å². The van der Waals surface area contributed by atoms with Gasteiger partial charge in [-0.25, -0.2) is 8.78 Å². The van der Waals surface area contributed by atoms with Crippen LogP contribution in [0.25, 0.3) is 10.9 Å². The molecule has 3 aromatic rings. The minimum absolute atomic E-state index is 0.167. The maximum absolute atomic E-state index is 13.1. The van der Waals surface area contributed by atoms with E-state index in [9.17, 15) is 18.4 Å². The summed E-state index contributed by atoms with van der Waals surface area (Å²) in [6.45, 7) is 0.946. The molecule has 1 aromatic heterocycles. The van der Waals surface area contributed by atoms with Gasteiger partial charge in [0.15, 0.2) is 0 Å². The van der Waals surface area contributed by atoms with Gasteiger partial charge in [-0.15, -0.1) is 0 Å². The van der Waals surface area contributed by atoms with Crippen LogP contribution in [-0.2, 0) is 11.3 Å². The van der Waals surface area contributed by atoms with Crippen LogP contribution >= 0.6 is 0 Å². The zero-order valence-electron chi connectivity index (χ0n) is 14.5. The Kier molecular flexibility index (Phi) is 5.80. The van der Waals surface area contributed by atoms with Crippen LogP contribution in [0.2, 0.25) is 0 Å². The second kappa shape index (κ2) is 8.44. The number of aryl methyl sites for hydroxylation is 1. The Morgan fingerprint density at radius 1 is 0.963 bits per heavy atom. The minimum atomic E-state index is -0.845. The lowest BCUT2D eigenvalue weighted by Gasteiger charge is -2.08. The number of fused-ring (bicyclic) bond motifs is 1. The second-order valence-electron chi connectivity index (χ2n) is 6.11. The average molecular weight is 371 g/mol. The lowest BCUT2D eigenvalue weighted by molar-refractivity contribution is -0.120. The zero-order valence-corrected chi connectivity index (χ0v) is 14.5. The number of rotatable bonds is 7. The SMILES string of the molecule is O=C(CNC(=O)c1cc(F)cc(F)c1)NCCCn1ccc2ccccc21. The zero-order chi connectivity index (χ0) is 19.2. The number of nitrogens with zero attached hydrogens (tertiary/aromatic N) is 1. The lowest BCUT2D eigenvalue weighted by Crippen LogP contribution is -2.37. The molecule has 0 unspecified atom stereocenters. The van der Waals surface area contributed by atoms with E-state index in [4.69, 9.17) is 0 Å². The summed E-state index contributed by atoms with van der Waals surface area (Å²) in [4.78, 5) is 23.6. The van der Waals surface area contributed by atoms with Crippen molar-refractivity contribution >= 4 is 22.7 Å². The fourth-order valence-corrected chi connectivity index (χ4v) is 2.82. The first kappa shape index (κ1) is 18.6. The van der Waals surface area contributed by atoms with Gasteiger partial charge in [-0.2, -0.15) is 0 Å². The van der Waals surface area contributed by atoms with Crippen molar-refractivity contribution in [1.82, 2.24) is 15.2 Å². The minimum Gasteiger partial charge on any atom is -0.355 e. The van der Waals surface area contributed by atoms with Gasteiger partial charge < -0.3 is 15.2 Å². The van der Waals surface area contributed by atoms with Gasteiger partial charge >= 0.3 is 0 Å². The van der Waals surface area contributed by atoms with Crippen LogP contribution < -0.4 is 10.6 Å². The number of hydrogen-bond acceptors (Lipinski definition) is 2. The fraction of sp³-hybridized carbons (Fsp3) is 0.200. The van der Waals surface area contributed by atoms with E-state index in [0.717, 1.165) is 36.0 Å². The molecule has 0 saturated heterocycles. The van der Waals surface area contributed by atoms with Gasteiger partial charge in [-0.3, -0.25) is 9.59 Å². The topological polar surface area (TPSA) is 63.1 Å². The van der Waals surface area contributed by atoms with Crippen molar-refractivity contribution in [3.05, 3.63) is 71.9 Å². The van der Waals surface area contributed by atoms with Gasteiger partial charge in [0.1, 0.15) is 11.6 Å². The van der Waals surface area contributed by atoms with Crippen molar-refractivity contribution in [1.29, 1.82) is 0 Å². The van der Waals surface area contributed by atoms with E-state index in [1.54, 1.807) is 0 Å². The molecule has 0 saturated carbocycles. The normalized spacial score (nSPS) is 10.7. The molecule has 5 nitrogen and oxygen atoms in total. The van der Waals surface area contributed by atoms with Crippen LogP contribution in [0.5, 0.6) is 0 Å². The van der Waals surface area contributed by atoms with Gasteiger partial charge in [0.05, 0.1) is 6.54 Å². The Balaban J connectivity index is 1.40. The second-order valence-corrected chi connectivity index (χ2v) is 6.11. The molecule has 0 spiro atoms. The van der Waals surface area contributed by atoms with E-state index in [-0.39, 0.29) is 18.0 Å². The molecule has 0 atom stereocenters. The largest absolute Gasteiger partial charge is 0.355 e. The average Bonchev–Trinajstić information content (AvgIpc) is 3.05. The molecule has 140 valence electrons. The predicted molar refractivity (Wildman–Crippen MR) is 98.3 cm³/mol. The summed E-state index contributed by atoms with van der Waals surface area (Å²) in [6, 6.07) is 12.6. The molecule has 0 aliphatic rings. The Labute approximate surface area is 155 Å². The van der Waals surface area contributed by atoms with Crippen molar-refractivity contribution in [2.24, 2.45) is 0 Å². The molecule has 0 aliphatic heterocycles. The molecular formula is C20H19F2N3O2. The molecule has 1 heterocycles. The molecule has 3 rings (SSSR count). The number of nitrogens with one attached hydrogen (secondary N) is 2. The van der Waals surface area contributed by atoms with Crippen LogP contribution in [0.3, 0.4) is 0 Å². The number of hydrogen-bond donors (Lipinski definition) is 2. The summed E-state index contributed by atoms with van der Waals surface area (Å²) in [7, 11) is 0. The Hall–Kier alpha value is -3.22. The summed E-state index contributed by atoms with van der Waals surface area (Å²) < 4.78 is 28.3. The molecule has 27 heavy (non-hydrogen) atoms. The third-order valence-corrected chi connectivity index (χ3v) is 4.11. The van der Waals surface area contributed by atoms with Gasteiger partial charge in [-0.05, 0) is 36.1 Å². The third kappa shape index (κ3) is 4.91. The lowest BCUT2D eigenvalue weighted by atomic mass is 10.2. The number of halogens is 2. The van der Waals surface area contributed by atoms with Gasteiger partial charge in [-0.1, -0.05) is 18.2 Å². The quantitative estimate of drug-likeness (QED) is 0.628. The third-order valence-electron chi connectivity index (χ3n) is 4.11. The summed E-state index contributed by atoms with van der Waals surface area (Å²) in [5.74, 6) is -2.76. The molecule has 0 fully saturated rings. The number of carbonyl (C=O) groups excluding carboxylic acids is 2. The van der Waals surface area contributed by atoms with Crippen LogP contribution in [0.15, 0.2) is 54.7 Å². The molecule has 7 heteroatoms. The van der Waals surface area contributed by atoms with Crippen molar-refractivity contribution in [2.45, 2.75) is 13.0 Å². The molecule has 0 bridgehead atoms. The number of benzene rings is 2. The molecular weight excluding hydrogens is 352 g/mol. The van der Waals surface area contributed by atoms with E-state index >= 15 is 0 Å². The summed E-state index contributed by atoms with van der Waals surface area (Å²) in [5.41, 5.74) is 0.971. The highest BCUT2D eigenvalue weighted by atomic mass is 19.1. The summed E-state index contributed by atoms with van der Waals surface area (Å²) >= 11 is 0. The van der Waals surface area contributed by atoms with E-state index in [0.29, 0.717) is 12.6 Å².